The van der Waals surface area contributed by atoms with Crippen molar-refractivity contribution in [2.24, 2.45) is 16.0 Å². The number of allylic oxidation sites excluding steroid dienone is 1. The van der Waals surface area contributed by atoms with Crippen LogP contribution < -0.4 is 16.1 Å². The second-order valence-corrected chi connectivity index (χ2v) is 7.80. The Hall–Kier alpha value is -3.62. The summed E-state index contributed by atoms with van der Waals surface area (Å²) >= 11 is 0. The van der Waals surface area contributed by atoms with Crippen LogP contribution in [-0.4, -0.2) is 34.0 Å². The Kier molecular flexibility index (Phi) is 14.4. The maximum atomic E-state index is 14.1. The van der Waals surface area contributed by atoms with Gasteiger partial charge < -0.3 is 5.32 Å². The average Bonchev–Trinajstić information content (AvgIpc) is 3.11. The van der Waals surface area contributed by atoms with Crippen molar-refractivity contribution in [3.63, 3.8) is 0 Å². The Labute approximate surface area is 221 Å². The van der Waals surface area contributed by atoms with Crippen LogP contribution in [0.1, 0.15) is 73.4 Å². The highest BCUT2D eigenvalue weighted by molar-refractivity contribution is 6.43. The third-order valence-corrected chi connectivity index (χ3v) is 5.08. The molecule has 0 aliphatic carbocycles. The Balaban J connectivity index is 0.00000163. The van der Waals surface area contributed by atoms with Crippen molar-refractivity contribution >= 4 is 29.1 Å². The zero-order valence-corrected chi connectivity index (χ0v) is 23.4. The molecule has 0 saturated heterocycles. The van der Waals surface area contributed by atoms with Gasteiger partial charge in [-0.15, -0.1) is 0 Å². The summed E-state index contributed by atoms with van der Waals surface area (Å²) in [4.78, 5) is 26.0. The quantitative estimate of drug-likeness (QED) is 0.343. The molecule has 3 rings (SSSR count). The SMILES string of the molecule is CC.CC.CCCC(=Nc1c(C)nc(NC(=O)NCC)nc1-c1cccc(F)c1)C1=NNC=CCC1C. The normalized spacial score (nSPS) is 14.6. The average molecular weight is 512 g/mol. The number of carbonyl (C=O) groups excluding carboxylic acids is 1. The highest BCUT2D eigenvalue weighted by atomic mass is 19.1. The van der Waals surface area contributed by atoms with Crippen molar-refractivity contribution in [2.75, 3.05) is 11.9 Å². The highest BCUT2D eigenvalue weighted by Gasteiger charge is 2.21. The van der Waals surface area contributed by atoms with Crippen molar-refractivity contribution < 1.29 is 9.18 Å². The van der Waals surface area contributed by atoms with Gasteiger partial charge >= 0.3 is 6.03 Å². The van der Waals surface area contributed by atoms with Crippen LogP contribution in [0.3, 0.4) is 0 Å². The smallest absolute Gasteiger partial charge is 0.321 e. The van der Waals surface area contributed by atoms with Crippen molar-refractivity contribution in [1.29, 1.82) is 0 Å². The standard InChI is InChI=1S/C24H30FN7O.2C2H6/c1-5-9-19(20-15(3)10-8-13-27-32-20)29-21-16(4)28-23(31-24(33)26-6-2)30-22(21)17-11-7-12-18(25)14-17;2*1-2/h7-8,11-15,27H,5-6,9-10H2,1-4H3,(H2,26,28,30,31,33);2*1-2H3. The number of rotatable bonds is 7. The number of aliphatic imine (C=N–C) groups is 1. The van der Waals surface area contributed by atoms with E-state index in [-0.39, 0.29) is 17.7 Å². The van der Waals surface area contributed by atoms with Crippen LogP contribution in [0.2, 0.25) is 0 Å². The molecule has 0 saturated carbocycles. The largest absolute Gasteiger partial charge is 0.338 e. The van der Waals surface area contributed by atoms with Crippen LogP contribution in [0.25, 0.3) is 11.3 Å². The molecule has 1 aliphatic rings. The molecule has 1 aromatic carbocycles. The van der Waals surface area contributed by atoms with E-state index in [2.05, 4.69) is 45.0 Å². The van der Waals surface area contributed by atoms with Gasteiger partial charge in [0.15, 0.2) is 0 Å². The summed E-state index contributed by atoms with van der Waals surface area (Å²) in [5.74, 6) is -0.0819. The molecule has 2 amide bonds. The first-order chi connectivity index (χ1) is 17.9. The number of nitrogens with zero attached hydrogens (tertiary/aromatic N) is 4. The minimum atomic E-state index is -0.412. The fourth-order valence-electron chi connectivity index (χ4n) is 3.52. The van der Waals surface area contributed by atoms with Gasteiger partial charge in [0.05, 0.1) is 17.1 Å². The number of hydrogen-bond donors (Lipinski definition) is 3. The third-order valence-electron chi connectivity index (χ3n) is 5.08. The Morgan fingerprint density at radius 1 is 1.19 bits per heavy atom. The minimum Gasteiger partial charge on any atom is -0.338 e. The second kappa shape index (κ2) is 16.9. The number of amides is 2. The topological polar surface area (TPSA) is 104 Å². The summed E-state index contributed by atoms with van der Waals surface area (Å²) in [5.41, 5.74) is 6.73. The molecule has 1 aromatic heterocycles. The van der Waals surface area contributed by atoms with Crippen LogP contribution in [-0.2, 0) is 0 Å². The van der Waals surface area contributed by atoms with Crippen molar-refractivity contribution in [1.82, 2.24) is 20.7 Å². The summed E-state index contributed by atoms with van der Waals surface area (Å²) in [7, 11) is 0. The summed E-state index contributed by atoms with van der Waals surface area (Å²) < 4.78 is 14.1. The van der Waals surface area contributed by atoms with Crippen LogP contribution in [0.15, 0.2) is 46.6 Å². The molecule has 37 heavy (non-hydrogen) atoms. The molecule has 0 radical (unpaired) electrons. The van der Waals surface area contributed by atoms with Gasteiger partial charge in [-0.1, -0.05) is 66.2 Å². The van der Waals surface area contributed by atoms with E-state index in [1.165, 1.54) is 12.1 Å². The van der Waals surface area contributed by atoms with Crippen LogP contribution >= 0.6 is 0 Å². The maximum absolute atomic E-state index is 14.1. The zero-order chi connectivity index (χ0) is 27.8. The van der Waals surface area contributed by atoms with Gasteiger partial charge in [-0.25, -0.2) is 24.1 Å². The van der Waals surface area contributed by atoms with Gasteiger partial charge in [-0.05, 0) is 38.8 Å². The van der Waals surface area contributed by atoms with E-state index in [4.69, 9.17) is 4.99 Å². The van der Waals surface area contributed by atoms with E-state index in [0.29, 0.717) is 35.6 Å². The summed E-state index contributed by atoms with van der Waals surface area (Å²) in [5, 5.41) is 9.82. The summed E-state index contributed by atoms with van der Waals surface area (Å²) in [6.45, 7) is 16.3. The number of carbonyl (C=O) groups is 1. The van der Waals surface area contributed by atoms with Gasteiger partial charge in [-0.2, -0.15) is 5.10 Å². The van der Waals surface area contributed by atoms with Crippen molar-refractivity contribution in [3.8, 4) is 11.3 Å². The second-order valence-electron chi connectivity index (χ2n) is 7.80. The number of nitrogens with one attached hydrogen (secondary N) is 3. The van der Waals surface area contributed by atoms with E-state index >= 15 is 0 Å². The van der Waals surface area contributed by atoms with Gasteiger partial charge in [0, 0.05) is 24.2 Å². The minimum absolute atomic E-state index is 0.125. The maximum Gasteiger partial charge on any atom is 0.321 e. The third kappa shape index (κ3) is 9.40. The van der Waals surface area contributed by atoms with Crippen LogP contribution in [0.5, 0.6) is 0 Å². The lowest BCUT2D eigenvalue weighted by atomic mass is 9.95. The Morgan fingerprint density at radius 3 is 2.57 bits per heavy atom. The van der Waals surface area contributed by atoms with Crippen molar-refractivity contribution in [2.45, 2.75) is 74.7 Å². The van der Waals surface area contributed by atoms with Gasteiger partial charge in [0.25, 0.3) is 0 Å². The molecule has 1 aliphatic heterocycles. The first-order valence-corrected chi connectivity index (χ1v) is 13.2. The lowest BCUT2D eigenvalue weighted by Crippen LogP contribution is -2.29. The molecule has 0 fully saturated rings. The number of anilines is 1. The number of aryl methyl sites for hydroxylation is 1. The van der Waals surface area contributed by atoms with E-state index in [9.17, 15) is 9.18 Å². The van der Waals surface area contributed by atoms with Crippen LogP contribution in [0.4, 0.5) is 20.8 Å². The predicted octanol–water partition coefficient (Wildman–Crippen LogP) is 7.16. The van der Waals surface area contributed by atoms with Gasteiger partial charge in [0.2, 0.25) is 5.95 Å². The highest BCUT2D eigenvalue weighted by Crippen LogP contribution is 2.33. The predicted molar refractivity (Wildman–Crippen MR) is 153 cm³/mol. The number of halogens is 1. The lowest BCUT2D eigenvalue weighted by Gasteiger charge is -2.16. The molecule has 0 spiro atoms. The number of hydrogen-bond acceptors (Lipinski definition) is 6. The van der Waals surface area contributed by atoms with E-state index in [0.717, 1.165) is 24.3 Å². The van der Waals surface area contributed by atoms with E-state index in [1.54, 1.807) is 19.1 Å². The molecule has 2 heterocycles. The van der Waals surface area contributed by atoms with E-state index < -0.39 is 6.03 Å². The molecule has 9 heteroatoms. The first-order valence-electron chi connectivity index (χ1n) is 13.2. The molecule has 2 aromatic rings. The molecular formula is C28H42FN7O. The van der Waals surface area contributed by atoms with E-state index in [1.807, 2.05) is 46.9 Å². The van der Waals surface area contributed by atoms with Gasteiger partial charge in [0.1, 0.15) is 17.2 Å². The summed E-state index contributed by atoms with van der Waals surface area (Å²) in [6.07, 6.45) is 6.30. The molecular weight excluding hydrogens is 469 g/mol. The Morgan fingerprint density at radius 2 is 1.92 bits per heavy atom. The van der Waals surface area contributed by atoms with Crippen molar-refractivity contribution in [3.05, 3.63) is 48.1 Å². The lowest BCUT2D eigenvalue weighted by molar-refractivity contribution is 0.252. The number of benzene rings is 1. The fraction of sp³-hybridized carbons (Fsp3) is 0.464. The Bertz CT molecular complexity index is 1100. The number of aromatic nitrogens is 2. The molecule has 1 unspecified atom stereocenters. The molecule has 8 nitrogen and oxygen atoms in total. The molecule has 3 N–H and O–H groups in total. The fourth-order valence-corrected chi connectivity index (χ4v) is 3.52. The summed E-state index contributed by atoms with van der Waals surface area (Å²) in [6, 6.07) is 5.73. The monoisotopic (exact) mass is 511 g/mol. The zero-order valence-electron chi connectivity index (χ0n) is 23.4. The number of hydrazone groups is 1. The van der Waals surface area contributed by atoms with Crippen LogP contribution in [0, 0.1) is 18.7 Å². The first kappa shape index (κ1) is 31.4. The molecule has 1 atom stereocenters. The number of urea groups is 1. The van der Waals surface area contributed by atoms with Gasteiger partial charge in [-0.3, -0.25) is 10.7 Å². The molecule has 202 valence electrons. The molecule has 0 bridgehead atoms.